The van der Waals surface area contributed by atoms with Crippen molar-refractivity contribution in [3.8, 4) is 0 Å². The number of rotatable bonds is 5. The molecule has 0 aromatic carbocycles. The van der Waals surface area contributed by atoms with Crippen molar-refractivity contribution >= 4 is 24.3 Å². The van der Waals surface area contributed by atoms with Crippen LogP contribution in [-0.2, 0) is 9.59 Å². The summed E-state index contributed by atoms with van der Waals surface area (Å²) in [5, 5.41) is 12.4. The van der Waals surface area contributed by atoms with Crippen molar-refractivity contribution < 1.29 is 14.7 Å². The number of hydrogen-bond donors (Lipinski definition) is 2. The Bertz CT molecular complexity index is 375. The molecule has 2 aliphatic rings. The van der Waals surface area contributed by atoms with E-state index in [1.807, 2.05) is 4.90 Å². The van der Waals surface area contributed by atoms with Gasteiger partial charge in [0, 0.05) is 19.6 Å². The maximum absolute atomic E-state index is 11.8. The van der Waals surface area contributed by atoms with E-state index in [-0.39, 0.29) is 24.2 Å². The van der Waals surface area contributed by atoms with Crippen LogP contribution >= 0.6 is 12.4 Å². The number of carbonyl (C=O) groups is 2. The Kier molecular flexibility index (Phi) is 5.83. The number of nitrogens with one attached hydrogen (secondary N) is 1. The molecule has 116 valence electrons. The van der Waals surface area contributed by atoms with Gasteiger partial charge in [-0.15, -0.1) is 12.4 Å². The van der Waals surface area contributed by atoms with Gasteiger partial charge >= 0.3 is 5.97 Å². The molecule has 2 fully saturated rings. The Morgan fingerprint density at radius 2 is 2.15 bits per heavy atom. The van der Waals surface area contributed by atoms with E-state index >= 15 is 0 Å². The second kappa shape index (κ2) is 6.76. The van der Waals surface area contributed by atoms with Crippen LogP contribution in [0.2, 0.25) is 0 Å². The fraction of sp³-hybridized carbons (Fsp3) is 0.857. The van der Waals surface area contributed by atoms with Gasteiger partial charge in [-0.3, -0.25) is 14.5 Å². The average molecular weight is 305 g/mol. The zero-order valence-corrected chi connectivity index (χ0v) is 13.0. The summed E-state index contributed by atoms with van der Waals surface area (Å²) < 4.78 is 0. The van der Waals surface area contributed by atoms with Crippen LogP contribution in [0, 0.1) is 17.3 Å². The van der Waals surface area contributed by atoms with Crippen LogP contribution in [0.4, 0.5) is 0 Å². The fourth-order valence-corrected chi connectivity index (χ4v) is 3.44. The predicted molar refractivity (Wildman–Crippen MR) is 78.9 cm³/mol. The van der Waals surface area contributed by atoms with Crippen LogP contribution in [-0.4, -0.2) is 48.1 Å². The van der Waals surface area contributed by atoms with Crippen LogP contribution in [0.5, 0.6) is 0 Å². The average Bonchev–Trinajstić information content (AvgIpc) is 2.83. The Morgan fingerprint density at radius 3 is 2.70 bits per heavy atom. The number of aliphatic carboxylic acids is 1. The van der Waals surface area contributed by atoms with E-state index in [1.54, 1.807) is 0 Å². The lowest BCUT2D eigenvalue weighted by molar-refractivity contribution is -0.149. The minimum absolute atomic E-state index is 0. The van der Waals surface area contributed by atoms with Crippen molar-refractivity contribution in [2.75, 3.05) is 26.2 Å². The SMILES string of the molecule is CC(C)CNC(=O)CN1C[C@@H]2CCC[C@@]2(C(=O)O)C1.Cl. The number of halogens is 1. The van der Waals surface area contributed by atoms with Gasteiger partial charge < -0.3 is 10.4 Å². The fourth-order valence-electron chi connectivity index (χ4n) is 3.44. The zero-order valence-electron chi connectivity index (χ0n) is 12.2. The van der Waals surface area contributed by atoms with E-state index in [2.05, 4.69) is 19.2 Å². The van der Waals surface area contributed by atoms with Gasteiger partial charge in [0.2, 0.25) is 5.91 Å². The molecule has 0 spiro atoms. The standard InChI is InChI=1S/C14H24N2O3.ClH/c1-10(2)6-15-12(17)8-16-7-11-4-3-5-14(11,9-16)13(18)19;/h10-11H,3-9H2,1-2H3,(H,15,17)(H,18,19);1H/t11-,14+;/m0./s1. The van der Waals surface area contributed by atoms with E-state index in [0.717, 1.165) is 25.8 Å². The largest absolute Gasteiger partial charge is 0.481 e. The van der Waals surface area contributed by atoms with Crippen molar-refractivity contribution in [1.82, 2.24) is 10.2 Å². The molecular formula is C14H25ClN2O3. The molecule has 1 aliphatic carbocycles. The summed E-state index contributed by atoms with van der Waals surface area (Å²) in [6.45, 7) is 6.40. The number of nitrogens with zero attached hydrogens (tertiary/aromatic N) is 1. The number of carboxylic acids is 1. The molecule has 2 atom stereocenters. The second-order valence-electron chi connectivity index (χ2n) is 6.42. The third kappa shape index (κ3) is 3.44. The van der Waals surface area contributed by atoms with Gasteiger partial charge in [-0.05, 0) is 24.7 Å². The number of carboxylic acid groups (broad SMARTS) is 1. The summed E-state index contributed by atoms with van der Waals surface area (Å²) in [7, 11) is 0. The highest BCUT2D eigenvalue weighted by atomic mass is 35.5. The quantitative estimate of drug-likeness (QED) is 0.805. The normalized spacial score (nSPS) is 29.1. The van der Waals surface area contributed by atoms with Crippen molar-refractivity contribution in [3.05, 3.63) is 0 Å². The Labute approximate surface area is 126 Å². The smallest absolute Gasteiger partial charge is 0.311 e. The molecule has 5 nitrogen and oxygen atoms in total. The number of likely N-dealkylation sites (tertiary alicyclic amines) is 1. The van der Waals surface area contributed by atoms with E-state index in [4.69, 9.17) is 0 Å². The molecule has 2 rings (SSSR count). The van der Waals surface area contributed by atoms with Crippen LogP contribution in [0.1, 0.15) is 33.1 Å². The Morgan fingerprint density at radius 1 is 1.45 bits per heavy atom. The third-order valence-corrected chi connectivity index (χ3v) is 4.44. The summed E-state index contributed by atoms with van der Waals surface area (Å²) in [5.74, 6) is -0.00975. The third-order valence-electron chi connectivity index (χ3n) is 4.44. The van der Waals surface area contributed by atoms with Gasteiger partial charge in [-0.25, -0.2) is 0 Å². The first-order valence-corrected chi connectivity index (χ1v) is 7.16. The van der Waals surface area contributed by atoms with Crippen molar-refractivity contribution in [1.29, 1.82) is 0 Å². The molecule has 1 saturated carbocycles. The molecular weight excluding hydrogens is 280 g/mol. The van der Waals surface area contributed by atoms with Gasteiger partial charge in [0.15, 0.2) is 0 Å². The number of carbonyl (C=O) groups excluding carboxylic acids is 1. The molecule has 0 bridgehead atoms. The molecule has 1 aliphatic heterocycles. The van der Waals surface area contributed by atoms with Crippen LogP contribution in [0.15, 0.2) is 0 Å². The summed E-state index contributed by atoms with van der Waals surface area (Å²) >= 11 is 0. The summed E-state index contributed by atoms with van der Waals surface area (Å²) in [6.07, 6.45) is 2.75. The van der Waals surface area contributed by atoms with E-state index < -0.39 is 11.4 Å². The molecule has 0 radical (unpaired) electrons. The van der Waals surface area contributed by atoms with Gasteiger partial charge in [0.05, 0.1) is 12.0 Å². The first-order chi connectivity index (χ1) is 8.94. The van der Waals surface area contributed by atoms with Gasteiger partial charge in [-0.1, -0.05) is 20.3 Å². The molecule has 0 unspecified atom stereocenters. The number of fused-ring (bicyclic) bond motifs is 1. The summed E-state index contributed by atoms with van der Waals surface area (Å²) in [6, 6.07) is 0. The molecule has 0 aromatic heterocycles. The lowest BCUT2D eigenvalue weighted by atomic mass is 9.81. The topological polar surface area (TPSA) is 69.6 Å². The van der Waals surface area contributed by atoms with Crippen molar-refractivity contribution in [2.24, 2.45) is 17.3 Å². The molecule has 0 aromatic rings. The molecule has 2 N–H and O–H groups in total. The molecule has 1 saturated heterocycles. The van der Waals surface area contributed by atoms with E-state index in [9.17, 15) is 14.7 Å². The lowest BCUT2D eigenvalue weighted by Crippen LogP contribution is -2.40. The first-order valence-electron chi connectivity index (χ1n) is 7.16. The maximum Gasteiger partial charge on any atom is 0.311 e. The van der Waals surface area contributed by atoms with Gasteiger partial charge in [-0.2, -0.15) is 0 Å². The highest BCUT2D eigenvalue weighted by Gasteiger charge is 2.54. The van der Waals surface area contributed by atoms with Gasteiger partial charge in [0.1, 0.15) is 0 Å². The molecule has 20 heavy (non-hydrogen) atoms. The Hall–Kier alpha value is -0.810. The van der Waals surface area contributed by atoms with Crippen LogP contribution in [0.25, 0.3) is 0 Å². The highest BCUT2D eigenvalue weighted by molar-refractivity contribution is 5.85. The van der Waals surface area contributed by atoms with E-state index in [0.29, 0.717) is 25.6 Å². The molecule has 1 heterocycles. The summed E-state index contributed by atoms with van der Waals surface area (Å²) in [5.41, 5.74) is -0.585. The minimum atomic E-state index is -0.680. The van der Waals surface area contributed by atoms with Crippen LogP contribution < -0.4 is 5.32 Å². The van der Waals surface area contributed by atoms with Gasteiger partial charge in [0.25, 0.3) is 0 Å². The second-order valence-corrected chi connectivity index (χ2v) is 6.42. The van der Waals surface area contributed by atoms with Crippen molar-refractivity contribution in [3.63, 3.8) is 0 Å². The van der Waals surface area contributed by atoms with Crippen molar-refractivity contribution in [2.45, 2.75) is 33.1 Å². The Balaban J connectivity index is 0.00000200. The predicted octanol–water partition coefficient (Wildman–Crippen LogP) is 1.37. The lowest BCUT2D eigenvalue weighted by Gasteiger charge is -2.23. The molecule has 1 amide bonds. The minimum Gasteiger partial charge on any atom is -0.481 e. The monoisotopic (exact) mass is 304 g/mol. The molecule has 6 heteroatoms. The van der Waals surface area contributed by atoms with Crippen LogP contribution in [0.3, 0.4) is 0 Å². The zero-order chi connectivity index (χ0) is 14.0. The van der Waals surface area contributed by atoms with E-state index in [1.165, 1.54) is 0 Å². The number of amides is 1. The highest BCUT2D eigenvalue weighted by Crippen LogP contribution is 2.48. The first kappa shape index (κ1) is 17.2. The number of hydrogen-bond acceptors (Lipinski definition) is 3. The summed E-state index contributed by atoms with van der Waals surface area (Å²) in [4.78, 5) is 25.3. The maximum atomic E-state index is 11.8.